The first-order chi connectivity index (χ1) is 11.0. The molecule has 1 aliphatic heterocycles. The van der Waals surface area contributed by atoms with Crippen LogP contribution in [0.4, 0.5) is 0 Å². The summed E-state index contributed by atoms with van der Waals surface area (Å²) in [6.45, 7) is 4.18. The molecule has 2 aromatic heterocycles. The second kappa shape index (κ2) is 6.04. The highest BCUT2D eigenvalue weighted by Crippen LogP contribution is 2.31. The Balaban J connectivity index is 1.77. The minimum absolute atomic E-state index is 0.0618. The highest BCUT2D eigenvalue weighted by molar-refractivity contribution is 5.94. The molecule has 0 bridgehead atoms. The molecule has 2 atom stereocenters. The third-order valence-corrected chi connectivity index (χ3v) is 3.87. The molecular formula is C15H20N4O4. The molecule has 8 nitrogen and oxygen atoms in total. The van der Waals surface area contributed by atoms with Crippen molar-refractivity contribution < 1.29 is 18.8 Å². The number of aromatic nitrogens is 3. The van der Waals surface area contributed by atoms with E-state index >= 15 is 0 Å². The van der Waals surface area contributed by atoms with Crippen LogP contribution in [0.3, 0.4) is 0 Å². The Morgan fingerprint density at radius 1 is 1.52 bits per heavy atom. The van der Waals surface area contributed by atoms with Crippen LogP contribution in [0.25, 0.3) is 0 Å². The van der Waals surface area contributed by atoms with E-state index in [1.54, 1.807) is 17.8 Å². The summed E-state index contributed by atoms with van der Waals surface area (Å²) in [5.41, 5.74) is 2.34. The summed E-state index contributed by atoms with van der Waals surface area (Å²) in [5.74, 6) is 0.709. The topological polar surface area (TPSA) is 91.4 Å². The molecule has 0 radical (unpaired) electrons. The van der Waals surface area contributed by atoms with Crippen LogP contribution in [0.2, 0.25) is 0 Å². The normalized spacial score (nSPS) is 20.2. The van der Waals surface area contributed by atoms with E-state index in [1.165, 1.54) is 7.11 Å². The number of ether oxygens (including phenoxy) is 2. The predicted octanol–water partition coefficient (Wildman–Crippen LogP) is 1.37. The van der Waals surface area contributed by atoms with Gasteiger partial charge in [0.25, 0.3) is 11.8 Å². The zero-order valence-electron chi connectivity index (χ0n) is 13.6. The van der Waals surface area contributed by atoms with Gasteiger partial charge in [0.15, 0.2) is 5.76 Å². The van der Waals surface area contributed by atoms with Crippen molar-refractivity contribution >= 4 is 5.91 Å². The van der Waals surface area contributed by atoms with Gasteiger partial charge in [0, 0.05) is 25.1 Å². The average molecular weight is 320 g/mol. The quantitative estimate of drug-likeness (QED) is 0.915. The summed E-state index contributed by atoms with van der Waals surface area (Å²) >= 11 is 0. The first-order valence-corrected chi connectivity index (χ1v) is 7.48. The summed E-state index contributed by atoms with van der Waals surface area (Å²) in [6.07, 6.45) is 0.624. The standard InChI is InChI=1S/C15H20N4O4/c1-8-5-11-13(9(2)22-8)17-19(3)14(11)15(20)16-7-10-6-12(21-4)18-23-10/h6,8-9H,5,7H2,1-4H3,(H,16,20)/t8-,9+/m1/s1. The van der Waals surface area contributed by atoms with Gasteiger partial charge in [-0.15, -0.1) is 0 Å². The van der Waals surface area contributed by atoms with Gasteiger partial charge in [-0.05, 0) is 19.0 Å². The molecule has 1 amide bonds. The summed E-state index contributed by atoms with van der Waals surface area (Å²) in [7, 11) is 3.27. The van der Waals surface area contributed by atoms with Gasteiger partial charge in [-0.1, -0.05) is 0 Å². The molecule has 23 heavy (non-hydrogen) atoms. The number of hydrogen-bond acceptors (Lipinski definition) is 6. The molecule has 8 heteroatoms. The highest BCUT2D eigenvalue weighted by atomic mass is 16.5. The summed E-state index contributed by atoms with van der Waals surface area (Å²) in [6, 6.07) is 1.64. The van der Waals surface area contributed by atoms with Gasteiger partial charge in [0.1, 0.15) is 5.69 Å². The van der Waals surface area contributed by atoms with Gasteiger partial charge in [-0.25, -0.2) is 0 Å². The van der Waals surface area contributed by atoms with Gasteiger partial charge in [0.2, 0.25) is 0 Å². The van der Waals surface area contributed by atoms with Crippen molar-refractivity contribution in [1.29, 1.82) is 0 Å². The number of methoxy groups -OCH3 is 1. The maximum Gasteiger partial charge on any atom is 0.270 e. The largest absolute Gasteiger partial charge is 0.479 e. The number of nitrogens with one attached hydrogen (secondary N) is 1. The van der Waals surface area contributed by atoms with Gasteiger partial charge in [0.05, 0.1) is 31.6 Å². The number of hydrogen-bond donors (Lipinski definition) is 1. The van der Waals surface area contributed by atoms with E-state index in [-0.39, 0.29) is 24.7 Å². The number of nitrogens with zero attached hydrogens (tertiary/aromatic N) is 3. The van der Waals surface area contributed by atoms with Crippen molar-refractivity contribution in [3.63, 3.8) is 0 Å². The van der Waals surface area contributed by atoms with E-state index in [2.05, 4.69) is 15.6 Å². The Bertz CT molecular complexity index is 721. The Labute approximate surface area is 133 Å². The maximum atomic E-state index is 12.6. The molecular weight excluding hydrogens is 300 g/mol. The van der Waals surface area contributed by atoms with Crippen LogP contribution in [-0.4, -0.2) is 34.1 Å². The van der Waals surface area contributed by atoms with Crippen LogP contribution in [-0.2, 0) is 24.8 Å². The number of amides is 1. The van der Waals surface area contributed by atoms with Crippen LogP contribution in [0, 0.1) is 0 Å². The predicted molar refractivity (Wildman–Crippen MR) is 80.1 cm³/mol. The van der Waals surface area contributed by atoms with Crippen molar-refractivity contribution in [2.45, 2.75) is 39.0 Å². The molecule has 2 aromatic rings. The van der Waals surface area contributed by atoms with E-state index < -0.39 is 0 Å². The molecule has 0 aliphatic carbocycles. The van der Waals surface area contributed by atoms with Crippen molar-refractivity contribution in [2.24, 2.45) is 7.05 Å². The van der Waals surface area contributed by atoms with Crippen molar-refractivity contribution in [2.75, 3.05) is 7.11 Å². The van der Waals surface area contributed by atoms with Crippen molar-refractivity contribution in [3.8, 4) is 5.88 Å². The molecule has 3 heterocycles. The fraction of sp³-hybridized carbons (Fsp3) is 0.533. The molecule has 0 saturated carbocycles. The molecule has 1 aliphatic rings. The lowest BCUT2D eigenvalue weighted by molar-refractivity contribution is -0.00710. The highest BCUT2D eigenvalue weighted by Gasteiger charge is 2.31. The Kier molecular flexibility index (Phi) is 4.08. The molecule has 3 rings (SSSR count). The lowest BCUT2D eigenvalue weighted by atomic mass is 9.99. The fourth-order valence-corrected chi connectivity index (χ4v) is 2.87. The Hall–Kier alpha value is -2.35. The second-order valence-electron chi connectivity index (χ2n) is 5.65. The zero-order chi connectivity index (χ0) is 16.6. The molecule has 0 fully saturated rings. The van der Waals surface area contributed by atoms with Crippen LogP contribution in [0.5, 0.6) is 5.88 Å². The first kappa shape index (κ1) is 15.5. The summed E-state index contributed by atoms with van der Waals surface area (Å²) < 4.78 is 17.4. The lowest BCUT2D eigenvalue weighted by Gasteiger charge is -2.24. The van der Waals surface area contributed by atoms with Crippen LogP contribution >= 0.6 is 0 Å². The molecule has 0 spiro atoms. The maximum absolute atomic E-state index is 12.6. The van der Waals surface area contributed by atoms with Crippen LogP contribution in [0.15, 0.2) is 10.6 Å². The molecule has 0 unspecified atom stereocenters. The third-order valence-electron chi connectivity index (χ3n) is 3.87. The van der Waals surface area contributed by atoms with Gasteiger partial charge < -0.3 is 19.3 Å². The van der Waals surface area contributed by atoms with Gasteiger partial charge >= 0.3 is 0 Å². The zero-order valence-corrected chi connectivity index (χ0v) is 13.6. The average Bonchev–Trinajstić information content (AvgIpc) is 3.09. The van der Waals surface area contributed by atoms with E-state index in [0.717, 1.165) is 11.3 Å². The number of rotatable bonds is 4. The number of carbonyl (C=O) groups is 1. The van der Waals surface area contributed by atoms with Crippen molar-refractivity contribution in [3.05, 3.63) is 28.8 Å². The van der Waals surface area contributed by atoms with E-state index in [9.17, 15) is 4.79 Å². The SMILES string of the molecule is COc1cc(CNC(=O)c2c3c(nn2C)[C@H](C)O[C@H](C)C3)on1. The lowest BCUT2D eigenvalue weighted by Crippen LogP contribution is -2.28. The third kappa shape index (κ3) is 2.94. The first-order valence-electron chi connectivity index (χ1n) is 7.48. The molecule has 0 aromatic carbocycles. The van der Waals surface area contributed by atoms with Crippen LogP contribution in [0.1, 0.15) is 47.5 Å². The summed E-state index contributed by atoms with van der Waals surface area (Å²) in [4.78, 5) is 12.6. The monoisotopic (exact) mass is 320 g/mol. The smallest absolute Gasteiger partial charge is 0.270 e. The van der Waals surface area contributed by atoms with E-state index in [0.29, 0.717) is 23.8 Å². The summed E-state index contributed by atoms with van der Waals surface area (Å²) in [5, 5.41) is 11.0. The molecule has 1 N–H and O–H groups in total. The Morgan fingerprint density at radius 2 is 2.30 bits per heavy atom. The molecule has 0 saturated heterocycles. The van der Waals surface area contributed by atoms with E-state index in [4.69, 9.17) is 14.0 Å². The molecule has 124 valence electrons. The fourth-order valence-electron chi connectivity index (χ4n) is 2.87. The van der Waals surface area contributed by atoms with E-state index in [1.807, 2.05) is 13.8 Å². The number of carbonyl (C=O) groups excluding carboxylic acids is 1. The Morgan fingerprint density at radius 3 is 3.00 bits per heavy atom. The van der Waals surface area contributed by atoms with Gasteiger partial charge in [-0.3, -0.25) is 9.48 Å². The van der Waals surface area contributed by atoms with Crippen molar-refractivity contribution in [1.82, 2.24) is 20.3 Å². The number of aryl methyl sites for hydroxylation is 1. The second-order valence-corrected chi connectivity index (χ2v) is 5.65. The van der Waals surface area contributed by atoms with Gasteiger partial charge in [-0.2, -0.15) is 5.10 Å². The number of fused-ring (bicyclic) bond motifs is 1. The minimum atomic E-state index is -0.196. The minimum Gasteiger partial charge on any atom is -0.479 e. The van der Waals surface area contributed by atoms with Crippen LogP contribution < -0.4 is 10.1 Å².